The van der Waals surface area contributed by atoms with Gasteiger partial charge in [-0.3, -0.25) is 4.90 Å². The number of aryl methyl sites for hydroxylation is 1. The third-order valence-electron chi connectivity index (χ3n) is 3.20. The van der Waals surface area contributed by atoms with Crippen LogP contribution in [0.25, 0.3) is 0 Å². The second-order valence-corrected chi connectivity index (χ2v) is 4.47. The Labute approximate surface area is 104 Å². The van der Waals surface area contributed by atoms with Crippen LogP contribution in [0.1, 0.15) is 5.82 Å². The number of nitro groups is 1. The molecule has 1 aromatic rings. The number of nitrogens with zero attached hydrogens (tertiary/aromatic N) is 4. The monoisotopic (exact) mass is 256 g/mol. The Morgan fingerprint density at radius 3 is 2.61 bits per heavy atom. The maximum atomic E-state index is 10.8. The van der Waals surface area contributed by atoms with Crippen LogP contribution in [0.3, 0.4) is 0 Å². The Kier molecular flexibility index (Phi) is 3.60. The van der Waals surface area contributed by atoms with Gasteiger partial charge in [-0.25, -0.2) is 9.55 Å². The molecule has 1 fully saturated rings. The van der Waals surface area contributed by atoms with Gasteiger partial charge in [0.05, 0.1) is 12.2 Å². The highest BCUT2D eigenvalue weighted by Gasteiger charge is 2.30. The first-order valence-corrected chi connectivity index (χ1v) is 5.74. The van der Waals surface area contributed by atoms with Gasteiger partial charge in [0.25, 0.3) is 0 Å². The van der Waals surface area contributed by atoms with Gasteiger partial charge in [0.1, 0.15) is 12.7 Å². The van der Waals surface area contributed by atoms with Gasteiger partial charge < -0.3 is 20.3 Å². The first kappa shape index (κ1) is 12.9. The summed E-state index contributed by atoms with van der Waals surface area (Å²) in [4.78, 5) is 16.1. The van der Waals surface area contributed by atoms with Crippen molar-refractivity contribution in [2.24, 2.45) is 0 Å². The number of β-amino-alcohol motifs (C(OH)–C–C–N with tert-alkyl or cyclic N) is 2. The van der Waals surface area contributed by atoms with Gasteiger partial charge in [-0.05, 0) is 4.92 Å². The molecule has 1 aliphatic rings. The minimum atomic E-state index is -0.733. The molecule has 100 valence electrons. The zero-order chi connectivity index (χ0) is 13.3. The average molecular weight is 256 g/mol. The van der Waals surface area contributed by atoms with E-state index in [2.05, 4.69) is 4.98 Å². The Bertz CT molecular complexity index is 437. The van der Waals surface area contributed by atoms with Crippen LogP contribution in [-0.4, -0.2) is 61.4 Å². The Balaban J connectivity index is 1.98. The number of likely N-dealkylation sites (tertiary alicyclic amines) is 1. The molecule has 0 radical (unpaired) electrons. The van der Waals surface area contributed by atoms with E-state index >= 15 is 0 Å². The molecule has 0 saturated carbocycles. The van der Waals surface area contributed by atoms with Crippen LogP contribution in [-0.2, 0) is 6.54 Å². The predicted molar refractivity (Wildman–Crippen MR) is 62.1 cm³/mol. The minimum Gasteiger partial charge on any atom is -0.389 e. The summed E-state index contributed by atoms with van der Waals surface area (Å²) in [7, 11) is 0. The van der Waals surface area contributed by atoms with E-state index in [0.29, 0.717) is 32.0 Å². The smallest absolute Gasteiger partial charge is 0.342 e. The topological polar surface area (TPSA) is 105 Å². The lowest BCUT2D eigenvalue weighted by Gasteiger charge is -2.13. The molecule has 0 amide bonds. The van der Waals surface area contributed by atoms with Crippen LogP contribution in [0.5, 0.6) is 0 Å². The summed E-state index contributed by atoms with van der Waals surface area (Å²) in [6.45, 7) is 3.44. The molecule has 1 aliphatic heterocycles. The Morgan fingerprint density at radius 1 is 1.44 bits per heavy atom. The SMILES string of the molecule is Cc1ncc([N+](=O)[O-])n1CCN1C[C@@H](O)[C@@H](O)C1. The van der Waals surface area contributed by atoms with Gasteiger partial charge in [-0.15, -0.1) is 0 Å². The maximum Gasteiger partial charge on any atom is 0.342 e. The number of hydrogen-bond acceptors (Lipinski definition) is 6. The maximum absolute atomic E-state index is 10.8. The lowest BCUT2D eigenvalue weighted by Crippen LogP contribution is -2.27. The fourth-order valence-electron chi connectivity index (χ4n) is 2.15. The van der Waals surface area contributed by atoms with Crippen molar-refractivity contribution in [1.82, 2.24) is 14.5 Å². The van der Waals surface area contributed by atoms with Gasteiger partial charge in [0.15, 0.2) is 5.82 Å². The molecule has 2 N–H and O–H groups in total. The molecular formula is C10H16N4O4. The van der Waals surface area contributed by atoms with Crippen molar-refractivity contribution in [2.45, 2.75) is 25.7 Å². The van der Waals surface area contributed by atoms with E-state index in [1.165, 1.54) is 10.8 Å². The van der Waals surface area contributed by atoms with Crippen molar-refractivity contribution in [3.8, 4) is 0 Å². The van der Waals surface area contributed by atoms with Gasteiger partial charge in [0.2, 0.25) is 0 Å². The van der Waals surface area contributed by atoms with E-state index < -0.39 is 17.1 Å². The standard InChI is InChI=1S/C10H16N4O4/c1-7-11-4-10(14(17)18)13(7)3-2-12-5-8(15)9(16)6-12/h4,8-9,15-16H,2-3,5-6H2,1H3/t8-,9+. The molecule has 0 aromatic carbocycles. The largest absolute Gasteiger partial charge is 0.389 e. The Hall–Kier alpha value is -1.51. The molecule has 1 aromatic heterocycles. The number of aliphatic hydroxyl groups excluding tert-OH is 2. The first-order chi connectivity index (χ1) is 8.49. The van der Waals surface area contributed by atoms with E-state index in [1.54, 1.807) is 6.92 Å². The lowest BCUT2D eigenvalue weighted by atomic mass is 10.3. The van der Waals surface area contributed by atoms with E-state index in [9.17, 15) is 20.3 Å². The lowest BCUT2D eigenvalue weighted by molar-refractivity contribution is -0.392. The molecule has 0 spiro atoms. The van der Waals surface area contributed by atoms with Crippen molar-refractivity contribution in [2.75, 3.05) is 19.6 Å². The van der Waals surface area contributed by atoms with Crippen molar-refractivity contribution in [3.63, 3.8) is 0 Å². The predicted octanol–water partition coefficient (Wildman–Crippen LogP) is -0.863. The molecule has 0 unspecified atom stereocenters. The third-order valence-corrected chi connectivity index (χ3v) is 3.20. The van der Waals surface area contributed by atoms with E-state index in [-0.39, 0.29) is 5.82 Å². The molecule has 2 heterocycles. The molecule has 0 bridgehead atoms. The second kappa shape index (κ2) is 5.01. The highest BCUT2D eigenvalue weighted by Crippen LogP contribution is 2.15. The first-order valence-electron chi connectivity index (χ1n) is 5.74. The summed E-state index contributed by atoms with van der Waals surface area (Å²) >= 11 is 0. The van der Waals surface area contributed by atoms with Crippen LogP contribution in [0.4, 0.5) is 5.82 Å². The van der Waals surface area contributed by atoms with Crippen LogP contribution in [0, 0.1) is 17.0 Å². The van der Waals surface area contributed by atoms with Gasteiger partial charge >= 0.3 is 5.82 Å². The molecule has 2 atom stereocenters. The summed E-state index contributed by atoms with van der Waals surface area (Å²) in [5.74, 6) is 0.551. The van der Waals surface area contributed by atoms with Crippen molar-refractivity contribution >= 4 is 5.82 Å². The number of aromatic nitrogens is 2. The van der Waals surface area contributed by atoms with Crippen LogP contribution < -0.4 is 0 Å². The molecule has 2 rings (SSSR count). The highest BCUT2D eigenvalue weighted by atomic mass is 16.6. The van der Waals surface area contributed by atoms with Gasteiger partial charge in [0, 0.05) is 26.6 Å². The van der Waals surface area contributed by atoms with E-state index in [4.69, 9.17) is 0 Å². The summed E-state index contributed by atoms with van der Waals surface area (Å²) in [5.41, 5.74) is 0. The average Bonchev–Trinajstić information content (AvgIpc) is 2.81. The van der Waals surface area contributed by atoms with Gasteiger partial charge in [-0.1, -0.05) is 0 Å². The van der Waals surface area contributed by atoms with Crippen LogP contribution in [0.15, 0.2) is 6.20 Å². The zero-order valence-corrected chi connectivity index (χ0v) is 10.1. The second-order valence-electron chi connectivity index (χ2n) is 4.47. The summed E-state index contributed by atoms with van der Waals surface area (Å²) < 4.78 is 1.52. The van der Waals surface area contributed by atoms with Crippen LogP contribution in [0.2, 0.25) is 0 Å². The van der Waals surface area contributed by atoms with Gasteiger partial charge in [-0.2, -0.15) is 0 Å². The van der Waals surface area contributed by atoms with Crippen molar-refractivity contribution < 1.29 is 15.1 Å². The van der Waals surface area contributed by atoms with E-state index in [0.717, 1.165) is 0 Å². The number of imidazole rings is 1. The molecular weight excluding hydrogens is 240 g/mol. The molecule has 8 nitrogen and oxygen atoms in total. The molecule has 8 heteroatoms. The van der Waals surface area contributed by atoms with Crippen LogP contribution >= 0.6 is 0 Å². The van der Waals surface area contributed by atoms with E-state index in [1.807, 2.05) is 4.90 Å². The Morgan fingerprint density at radius 2 is 2.06 bits per heavy atom. The fraction of sp³-hybridized carbons (Fsp3) is 0.700. The normalized spacial score (nSPS) is 24.6. The number of hydrogen-bond donors (Lipinski definition) is 2. The number of rotatable bonds is 4. The molecule has 0 aliphatic carbocycles. The molecule has 18 heavy (non-hydrogen) atoms. The quantitative estimate of drug-likeness (QED) is 0.536. The summed E-state index contributed by atoms with van der Waals surface area (Å²) in [5, 5.41) is 29.6. The van der Waals surface area contributed by atoms with Crippen molar-refractivity contribution in [3.05, 3.63) is 22.1 Å². The number of aliphatic hydroxyl groups is 2. The summed E-state index contributed by atoms with van der Waals surface area (Å²) in [6.07, 6.45) is -0.226. The highest BCUT2D eigenvalue weighted by molar-refractivity contribution is 5.18. The summed E-state index contributed by atoms with van der Waals surface area (Å²) in [6, 6.07) is 0. The molecule has 1 saturated heterocycles. The van der Waals surface area contributed by atoms with Crippen molar-refractivity contribution in [1.29, 1.82) is 0 Å². The fourth-order valence-corrected chi connectivity index (χ4v) is 2.15. The minimum absolute atomic E-state index is 0.0345. The zero-order valence-electron chi connectivity index (χ0n) is 10.1. The third kappa shape index (κ3) is 2.50.